The van der Waals surface area contributed by atoms with E-state index in [0.29, 0.717) is 0 Å². The lowest BCUT2D eigenvalue weighted by Crippen LogP contribution is -2.15. The third-order valence-corrected chi connectivity index (χ3v) is 15.7. The van der Waals surface area contributed by atoms with E-state index >= 15 is 0 Å². The normalized spacial score (nSPS) is 11.4. The van der Waals surface area contributed by atoms with Gasteiger partial charge in [-0.2, -0.15) is 0 Å². The molecule has 0 radical (unpaired) electrons. The van der Waals surface area contributed by atoms with Crippen LogP contribution in [0.25, 0.3) is 53.9 Å². The average molecular weight is 1030 g/mol. The number of aryl methyl sites for hydroxylation is 2. The summed E-state index contributed by atoms with van der Waals surface area (Å²) in [4.78, 5) is 9.68. The molecule has 0 aliphatic rings. The number of anilines is 12. The molecule has 380 valence electrons. The fraction of sp³-hybridized carbons (Fsp3) is 0.0263. The molecule has 14 aromatic carbocycles. The predicted molar refractivity (Wildman–Crippen MR) is 342 cm³/mol. The molecule has 0 fully saturated rings. The highest BCUT2D eigenvalue weighted by Gasteiger charge is 2.25. The smallest absolute Gasteiger partial charge is 0.0541 e. The number of fused-ring (bicyclic) bond motifs is 5. The minimum Gasteiger partial charge on any atom is -0.310 e. The van der Waals surface area contributed by atoms with Crippen LogP contribution in [0.4, 0.5) is 68.2 Å². The first-order valence-electron chi connectivity index (χ1n) is 27.5. The summed E-state index contributed by atoms with van der Waals surface area (Å²) in [5.74, 6) is 0. The van der Waals surface area contributed by atoms with Gasteiger partial charge in [-0.15, -0.1) is 0 Å². The quantitative estimate of drug-likeness (QED) is 0.121. The van der Waals surface area contributed by atoms with E-state index < -0.39 is 0 Å². The van der Waals surface area contributed by atoms with Gasteiger partial charge in [0.15, 0.2) is 0 Å². The molecule has 0 aliphatic carbocycles. The van der Waals surface area contributed by atoms with Gasteiger partial charge in [0.05, 0.1) is 34.1 Å². The second kappa shape index (κ2) is 20.5. The molecule has 14 rings (SSSR count). The Balaban J connectivity index is 0.938. The van der Waals surface area contributed by atoms with Crippen LogP contribution in [-0.2, 0) is 0 Å². The van der Waals surface area contributed by atoms with E-state index in [1.807, 2.05) is 0 Å². The van der Waals surface area contributed by atoms with E-state index in [1.165, 1.54) is 54.2 Å². The standard InChI is InChI=1S/C76H56N4/c1-53-35-39-59(40-36-53)77(71-31-13-21-55-17-3-7-25-65(55)71)61-43-47-63(48-44-61)79(73-33-15-23-57-19-5-9-27-67(57)73)75-51-52-76(70-30-12-11-29-69(70)75)80(74-34-16-24-58-20-6-10-28-68(58)74)64-49-45-62(46-50-64)78(60-41-37-54(2)38-42-60)72-32-14-22-56-18-4-8-26-66(56)72/h3-52H,1-2H3. The summed E-state index contributed by atoms with van der Waals surface area (Å²) in [6.45, 7) is 4.29. The molecule has 80 heavy (non-hydrogen) atoms. The van der Waals surface area contributed by atoms with E-state index in [1.54, 1.807) is 0 Å². The van der Waals surface area contributed by atoms with Crippen LogP contribution in [0.15, 0.2) is 303 Å². The van der Waals surface area contributed by atoms with Crippen LogP contribution < -0.4 is 19.6 Å². The van der Waals surface area contributed by atoms with Crippen molar-refractivity contribution in [2.24, 2.45) is 0 Å². The Morgan fingerprint density at radius 2 is 0.362 bits per heavy atom. The first-order valence-corrected chi connectivity index (χ1v) is 27.5. The number of hydrogen-bond donors (Lipinski definition) is 0. The summed E-state index contributed by atoms with van der Waals surface area (Å²) in [6.07, 6.45) is 0. The highest BCUT2D eigenvalue weighted by Crippen LogP contribution is 2.50. The monoisotopic (exact) mass is 1020 g/mol. The Morgan fingerprint density at radius 3 is 0.650 bits per heavy atom. The molecule has 0 unspecified atom stereocenters. The maximum absolute atomic E-state index is 2.45. The van der Waals surface area contributed by atoms with Crippen LogP contribution >= 0.6 is 0 Å². The fourth-order valence-electron chi connectivity index (χ4n) is 11.8. The summed E-state index contributed by atoms with van der Waals surface area (Å²) < 4.78 is 0. The van der Waals surface area contributed by atoms with Crippen molar-refractivity contribution in [2.45, 2.75) is 13.8 Å². The third-order valence-electron chi connectivity index (χ3n) is 15.7. The highest BCUT2D eigenvalue weighted by atomic mass is 15.2. The van der Waals surface area contributed by atoms with Gasteiger partial charge in [0.25, 0.3) is 0 Å². The Bertz CT molecular complexity index is 4250. The number of rotatable bonds is 12. The van der Waals surface area contributed by atoms with Gasteiger partial charge in [-0.25, -0.2) is 0 Å². The molecule has 0 spiro atoms. The van der Waals surface area contributed by atoms with E-state index in [4.69, 9.17) is 0 Å². The second-order valence-corrected chi connectivity index (χ2v) is 20.7. The van der Waals surface area contributed by atoms with E-state index in [-0.39, 0.29) is 0 Å². The van der Waals surface area contributed by atoms with E-state index in [0.717, 1.165) is 79.0 Å². The molecule has 0 bridgehead atoms. The average Bonchev–Trinajstić information content (AvgIpc) is 3.52. The molecular weight excluding hydrogens is 969 g/mol. The maximum atomic E-state index is 2.45. The van der Waals surface area contributed by atoms with Crippen molar-refractivity contribution in [3.05, 3.63) is 314 Å². The number of benzene rings is 14. The molecular formula is C76H56N4. The molecule has 4 heteroatoms. The summed E-state index contributed by atoms with van der Waals surface area (Å²) >= 11 is 0. The van der Waals surface area contributed by atoms with Crippen LogP contribution in [0.1, 0.15) is 11.1 Å². The van der Waals surface area contributed by atoms with Gasteiger partial charge in [-0.3, -0.25) is 0 Å². The molecule has 0 heterocycles. The summed E-state index contributed by atoms with van der Waals surface area (Å²) in [6, 6.07) is 111. The van der Waals surface area contributed by atoms with Gasteiger partial charge in [0, 0.05) is 66.4 Å². The number of nitrogens with zero attached hydrogens (tertiary/aromatic N) is 4. The van der Waals surface area contributed by atoms with Crippen molar-refractivity contribution in [1.82, 2.24) is 0 Å². The van der Waals surface area contributed by atoms with Crippen LogP contribution in [0.2, 0.25) is 0 Å². The largest absolute Gasteiger partial charge is 0.310 e. The minimum atomic E-state index is 1.05. The Morgan fingerprint density at radius 1 is 0.163 bits per heavy atom. The number of hydrogen-bond acceptors (Lipinski definition) is 4. The molecule has 0 atom stereocenters. The van der Waals surface area contributed by atoms with E-state index in [9.17, 15) is 0 Å². The minimum absolute atomic E-state index is 1.05. The molecule has 0 saturated heterocycles. The Kier molecular flexibility index (Phi) is 12.3. The SMILES string of the molecule is Cc1ccc(N(c2ccc(N(c3cccc4ccccc34)c3ccc(N(c4ccc(N(c5ccc(C)cc5)c5cccc6ccccc56)cc4)c4cccc5ccccc45)c4ccccc34)cc2)c2cccc3ccccc23)cc1. The van der Waals surface area contributed by atoms with Crippen LogP contribution in [0, 0.1) is 13.8 Å². The third kappa shape index (κ3) is 8.70. The van der Waals surface area contributed by atoms with Crippen LogP contribution in [-0.4, -0.2) is 0 Å². The zero-order valence-electron chi connectivity index (χ0n) is 44.7. The van der Waals surface area contributed by atoms with E-state index in [2.05, 4.69) is 337 Å². The van der Waals surface area contributed by atoms with Gasteiger partial charge < -0.3 is 19.6 Å². The predicted octanol–water partition coefficient (Wildman–Crippen LogP) is 21.9. The molecule has 0 amide bonds. The molecule has 14 aromatic rings. The summed E-state index contributed by atoms with van der Waals surface area (Å²) in [5, 5.41) is 11.8. The zero-order chi connectivity index (χ0) is 53.5. The van der Waals surface area contributed by atoms with Crippen molar-refractivity contribution in [3.63, 3.8) is 0 Å². The first kappa shape index (κ1) is 48.0. The highest BCUT2D eigenvalue weighted by molar-refractivity contribution is 6.12. The second-order valence-electron chi connectivity index (χ2n) is 20.7. The van der Waals surface area contributed by atoms with Gasteiger partial charge in [-0.05, 0) is 145 Å². The maximum Gasteiger partial charge on any atom is 0.0541 e. The lowest BCUT2D eigenvalue weighted by Gasteiger charge is -2.32. The Labute approximate surface area is 467 Å². The molecule has 0 saturated carbocycles. The molecule has 0 N–H and O–H groups in total. The summed E-state index contributed by atoms with van der Waals surface area (Å²) in [5.41, 5.74) is 15.5. The van der Waals surface area contributed by atoms with Crippen molar-refractivity contribution >= 4 is 122 Å². The van der Waals surface area contributed by atoms with Gasteiger partial charge in [-0.1, -0.05) is 205 Å². The van der Waals surface area contributed by atoms with Crippen molar-refractivity contribution in [2.75, 3.05) is 19.6 Å². The van der Waals surface area contributed by atoms with Gasteiger partial charge >= 0.3 is 0 Å². The van der Waals surface area contributed by atoms with Crippen molar-refractivity contribution < 1.29 is 0 Å². The topological polar surface area (TPSA) is 13.0 Å². The first-order chi connectivity index (χ1) is 39.5. The van der Waals surface area contributed by atoms with Crippen LogP contribution in [0.5, 0.6) is 0 Å². The fourth-order valence-corrected chi connectivity index (χ4v) is 11.8. The van der Waals surface area contributed by atoms with Crippen molar-refractivity contribution in [3.8, 4) is 0 Å². The van der Waals surface area contributed by atoms with Gasteiger partial charge in [0.1, 0.15) is 0 Å². The lowest BCUT2D eigenvalue weighted by atomic mass is 10.0. The Hall–Kier alpha value is -10.4. The summed E-state index contributed by atoms with van der Waals surface area (Å²) in [7, 11) is 0. The lowest BCUT2D eigenvalue weighted by molar-refractivity contribution is 1.26. The molecule has 4 nitrogen and oxygen atoms in total. The van der Waals surface area contributed by atoms with Crippen LogP contribution in [0.3, 0.4) is 0 Å². The zero-order valence-corrected chi connectivity index (χ0v) is 44.7. The van der Waals surface area contributed by atoms with Crippen molar-refractivity contribution in [1.29, 1.82) is 0 Å². The molecule has 0 aromatic heterocycles. The molecule has 0 aliphatic heterocycles. The van der Waals surface area contributed by atoms with Gasteiger partial charge in [0.2, 0.25) is 0 Å².